The lowest BCUT2D eigenvalue weighted by atomic mass is 9.92. The van der Waals surface area contributed by atoms with Crippen LogP contribution >= 0.6 is 23.2 Å². The van der Waals surface area contributed by atoms with E-state index in [1.165, 1.54) is 0 Å². The number of nitrogens with two attached hydrogens (primary N) is 1. The van der Waals surface area contributed by atoms with Gasteiger partial charge in [-0.3, -0.25) is 4.79 Å². The molecule has 0 saturated carbocycles. The molecule has 0 saturated heterocycles. The molecule has 122 valence electrons. The summed E-state index contributed by atoms with van der Waals surface area (Å²) >= 11 is 11.9. The van der Waals surface area contributed by atoms with Gasteiger partial charge in [-0.05, 0) is 48.2 Å². The molecule has 0 bridgehead atoms. The van der Waals surface area contributed by atoms with Gasteiger partial charge in [-0.15, -0.1) is 0 Å². The molecule has 0 aliphatic rings. The second kappa shape index (κ2) is 8.09. The smallest absolute Gasteiger partial charge is 0.218 e. The van der Waals surface area contributed by atoms with Crippen molar-refractivity contribution in [3.63, 3.8) is 0 Å². The predicted molar refractivity (Wildman–Crippen MR) is 94.2 cm³/mol. The first-order valence-corrected chi connectivity index (χ1v) is 7.97. The number of rotatable bonds is 7. The second-order valence-electron chi connectivity index (χ2n) is 5.30. The van der Waals surface area contributed by atoms with E-state index in [0.717, 1.165) is 11.3 Å². The van der Waals surface area contributed by atoms with Crippen LogP contribution in [0.25, 0.3) is 0 Å². The average Bonchev–Trinajstić information content (AvgIpc) is 2.50. The molecule has 0 aliphatic carbocycles. The summed E-state index contributed by atoms with van der Waals surface area (Å²) in [7, 11) is 0. The molecular weight excluding hydrogens is 335 g/mol. The Hall–Kier alpha value is -1.91. The minimum absolute atomic E-state index is 0.0108. The van der Waals surface area contributed by atoms with Gasteiger partial charge in [0.15, 0.2) is 0 Å². The first kappa shape index (κ1) is 17.4. The van der Waals surface area contributed by atoms with E-state index in [0.29, 0.717) is 23.0 Å². The maximum Gasteiger partial charge on any atom is 0.218 e. The molecule has 2 rings (SSSR count). The van der Waals surface area contributed by atoms with E-state index in [-0.39, 0.29) is 24.0 Å². The zero-order valence-corrected chi connectivity index (χ0v) is 13.9. The molecule has 4 nitrogen and oxygen atoms in total. The number of halogens is 2. The molecule has 23 heavy (non-hydrogen) atoms. The van der Waals surface area contributed by atoms with E-state index in [1.54, 1.807) is 24.3 Å². The maximum absolute atomic E-state index is 11.3. The maximum atomic E-state index is 11.3. The third-order valence-corrected chi connectivity index (χ3v) is 4.29. The summed E-state index contributed by atoms with van der Waals surface area (Å²) in [4.78, 5) is 11.3. The molecule has 0 spiro atoms. The summed E-state index contributed by atoms with van der Waals surface area (Å²) in [5.41, 5.74) is 7.17. The van der Waals surface area contributed by atoms with Crippen molar-refractivity contribution in [2.24, 2.45) is 5.73 Å². The van der Waals surface area contributed by atoms with Crippen LogP contribution in [0.2, 0.25) is 10.0 Å². The summed E-state index contributed by atoms with van der Waals surface area (Å²) in [6.07, 6.45) is 0.974. The minimum atomic E-state index is -0.349. The number of aromatic hydroxyl groups is 1. The molecule has 6 heteroatoms. The molecule has 0 aromatic heterocycles. The minimum Gasteiger partial charge on any atom is -0.508 e. The zero-order valence-electron chi connectivity index (χ0n) is 12.4. The lowest BCUT2D eigenvalue weighted by Crippen LogP contribution is -2.17. The molecule has 1 amide bonds. The van der Waals surface area contributed by atoms with Crippen LogP contribution in [-0.2, 0) is 4.79 Å². The first-order valence-electron chi connectivity index (χ1n) is 7.22. The van der Waals surface area contributed by atoms with Crippen LogP contribution in [0.1, 0.15) is 24.3 Å². The summed E-state index contributed by atoms with van der Waals surface area (Å²) < 4.78 is 0. The number of amides is 1. The standard InChI is InChI=1S/C17H18Cl2N2O2/c18-15-6-3-13(10-16(15)19)21-8-7-12(9-17(20)23)11-1-4-14(22)5-2-11/h1-6,10,12,21-22H,7-9H2,(H2,20,23). The third-order valence-electron chi connectivity index (χ3n) is 3.55. The second-order valence-corrected chi connectivity index (χ2v) is 6.12. The number of carbonyl (C=O) groups excluding carboxylic acids is 1. The van der Waals surface area contributed by atoms with Gasteiger partial charge in [0, 0.05) is 18.7 Å². The van der Waals surface area contributed by atoms with E-state index in [4.69, 9.17) is 28.9 Å². The Morgan fingerprint density at radius 1 is 1.13 bits per heavy atom. The molecule has 2 aromatic carbocycles. The highest BCUT2D eigenvalue weighted by Gasteiger charge is 2.14. The van der Waals surface area contributed by atoms with E-state index in [9.17, 15) is 9.90 Å². The van der Waals surface area contributed by atoms with E-state index in [2.05, 4.69) is 5.32 Å². The van der Waals surface area contributed by atoms with Crippen molar-refractivity contribution in [1.82, 2.24) is 0 Å². The number of hydrogen-bond acceptors (Lipinski definition) is 3. The van der Waals surface area contributed by atoms with Gasteiger partial charge in [-0.1, -0.05) is 35.3 Å². The highest BCUT2D eigenvalue weighted by atomic mass is 35.5. The Balaban J connectivity index is 1.99. The van der Waals surface area contributed by atoms with Gasteiger partial charge in [0.05, 0.1) is 10.0 Å². The largest absolute Gasteiger partial charge is 0.508 e. The van der Waals surface area contributed by atoms with Crippen molar-refractivity contribution in [2.45, 2.75) is 18.8 Å². The number of phenolic OH excluding ortho intramolecular Hbond substituents is 1. The highest BCUT2D eigenvalue weighted by Crippen LogP contribution is 2.27. The lowest BCUT2D eigenvalue weighted by Gasteiger charge is -2.17. The number of carbonyl (C=O) groups is 1. The van der Waals surface area contributed by atoms with Crippen molar-refractivity contribution in [2.75, 3.05) is 11.9 Å². The molecule has 0 aliphatic heterocycles. The van der Waals surface area contributed by atoms with Crippen molar-refractivity contribution in [3.05, 3.63) is 58.1 Å². The first-order chi connectivity index (χ1) is 11.0. The number of anilines is 1. The Bertz CT molecular complexity index is 675. The van der Waals surface area contributed by atoms with Gasteiger partial charge in [0.1, 0.15) is 5.75 Å². The van der Waals surface area contributed by atoms with Crippen LogP contribution in [0.4, 0.5) is 5.69 Å². The number of primary amides is 1. The summed E-state index contributed by atoms with van der Waals surface area (Å²) in [5.74, 6) is -0.165. The van der Waals surface area contributed by atoms with Gasteiger partial charge in [0.25, 0.3) is 0 Å². The molecule has 0 fully saturated rings. The molecule has 1 atom stereocenters. The van der Waals surface area contributed by atoms with Crippen molar-refractivity contribution < 1.29 is 9.90 Å². The molecule has 0 heterocycles. The average molecular weight is 353 g/mol. The fourth-order valence-corrected chi connectivity index (χ4v) is 2.67. The van der Waals surface area contributed by atoms with Crippen LogP contribution in [-0.4, -0.2) is 17.6 Å². The van der Waals surface area contributed by atoms with Gasteiger partial charge in [0.2, 0.25) is 5.91 Å². The van der Waals surface area contributed by atoms with Crippen molar-refractivity contribution >= 4 is 34.8 Å². The van der Waals surface area contributed by atoms with Crippen LogP contribution < -0.4 is 11.1 Å². The number of hydrogen-bond donors (Lipinski definition) is 3. The number of phenols is 1. The van der Waals surface area contributed by atoms with Crippen molar-refractivity contribution in [1.29, 1.82) is 0 Å². The Labute approximate surface area is 145 Å². The van der Waals surface area contributed by atoms with Crippen LogP contribution in [0, 0.1) is 0 Å². The van der Waals surface area contributed by atoms with Crippen LogP contribution in [0.3, 0.4) is 0 Å². The quantitative estimate of drug-likeness (QED) is 0.700. The van der Waals surface area contributed by atoms with Crippen LogP contribution in [0.15, 0.2) is 42.5 Å². The predicted octanol–water partition coefficient (Wildman–Crippen LogP) is 4.16. The molecule has 2 aromatic rings. The SMILES string of the molecule is NC(=O)CC(CCNc1ccc(Cl)c(Cl)c1)c1ccc(O)cc1. The molecule has 0 radical (unpaired) electrons. The van der Waals surface area contributed by atoms with E-state index in [1.807, 2.05) is 18.2 Å². The van der Waals surface area contributed by atoms with Gasteiger partial charge in [-0.25, -0.2) is 0 Å². The van der Waals surface area contributed by atoms with E-state index < -0.39 is 0 Å². The number of nitrogens with one attached hydrogen (secondary N) is 1. The van der Waals surface area contributed by atoms with Crippen molar-refractivity contribution in [3.8, 4) is 5.75 Å². The molecule has 4 N–H and O–H groups in total. The normalized spacial score (nSPS) is 11.9. The lowest BCUT2D eigenvalue weighted by molar-refractivity contribution is -0.118. The Kier molecular flexibility index (Phi) is 6.13. The molecular formula is C17H18Cl2N2O2. The zero-order chi connectivity index (χ0) is 16.8. The topological polar surface area (TPSA) is 75.4 Å². The fourth-order valence-electron chi connectivity index (χ4n) is 2.37. The Morgan fingerprint density at radius 2 is 1.83 bits per heavy atom. The molecule has 1 unspecified atom stereocenters. The Morgan fingerprint density at radius 3 is 2.43 bits per heavy atom. The monoisotopic (exact) mass is 352 g/mol. The summed E-state index contributed by atoms with van der Waals surface area (Å²) in [5, 5.41) is 13.6. The van der Waals surface area contributed by atoms with Gasteiger partial charge in [-0.2, -0.15) is 0 Å². The van der Waals surface area contributed by atoms with Crippen LogP contribution in [0.5, 0.6) is 5.75 Å². The number of benzene rings is 2. The fraction of sp³-hybridized carbons (Fsp3) is 0.235. The van der Waals surface area contributed by atoms with E-state index >= 15 is 0 Å². The summed E-state index contributed by atoms with van der Waals surface area (Å²) in [6, 6.07) is 12.2. The summed E-state index contributed by atoms with van der Waals surface area (Å²) in [6.45, 7) is 0.650. The van der Waals surface area contributed by atoms with Gasteiger partial charge >= 0.3 is 0 Å². The van der Waals surface area contributed by atoms with Gasteiger partial charge < -0.3 is 16.2 Å². The highest BCUT2D eigenvalue weighted by molar-refractivity contribution is 6.42. The third kappa shape index (κ3) is 5.34.